The molecule has 0 fully saturated rings. The first-order valence-electron chi connectivity index (χ1n) is 7.66. The van der Waals surface area contributed by atoms with E-state index >= 15 is 0 Å². The van der Waals surface area contributed by atoms with Crippen LogP contribution in [0.3, 0.4) is 0 Å². The normalized spacial score (nSPS) is 11.1. The average molecular weight is 404 g/mol. The van der Waals surface area contributed by atoms with Crippen molar-refractivity contribution in [1.29, 1.82) is 0 Å². The number of nitrogens with zero attached hydrogens (tertiary/aromatic N) is 2. The molecular formula is C18H15BrFN3O2. The second-order valence-electron chi connectivity index (χ2n) is 5.82. The van der Waals surface area contributed by atoms with Crippen molar-refractivity contribution in [2.24, 2.45) is 0 Å². The fourth-order valence-electron chi connectivity index (χ4n) is 2.50. The van der Waals surface area contributed by atoms with Crippen LogP contribution < -0.4 is 10.9 Å². The molecule has 0 bridgehead atoms. The summed E-state index contributed by atoms with van der Waals surface area (Å²) >= 11 is 3.17. The zero-order valence-electron chi connectivity index (χ0n) is 13.6. The molecular weight excluding hydrogens is 389 g/mol. The van der Waals surface area contributed by atoms with Gasteiger partial charge in [-0.1, -0.05) is 34.1 Å². The van der Waals surface area contributed by atoms with E-state index in [4.69, 9.17) is 0 Å². The minimum atomic E-state index is -0.577. The minimum Gasteiger partial charge on any atom is -0.318 e. The molecule has 0 saturated heterocycles. The third kappa shape index (κ3) is 3.32. The van der Waals surface area contributed by atoms with E-state index in [0.29, 0.717) is 15.2 Å². The molecule has 3 rings (SSSR count). The van der Waals surface area contributed by atoms with Gasteiger partial charge in [-0.05, 0) is 38.1 Å². The zero-order chi connectivity index (χ0) is 18.1. The summed E-state index contributed by atoms with van der Waals surface area (Å²) in [5.74, 6) is -1.14. The van der Waals surface area contributed by atoms with Crippen LogP contribution in [0.2, 0.25) is 0 Å². The molecule has 0 unspecified atom stereocenters. The lowest BCUT2D eigenvalue weighted by atomic mass is 10.1. The molecule has 1 heterocycles. The molecule has 1 aromatic heterocycles. The topological polar surface area (TPSA) is 64.0 Å². The van der Waals surface area contributed by atoms with Crippen molar-refractivity contribution in [3.05, 3.63) is 68.8 Å². The van der Waals surface area contributed by atoms with Crippen LogP contribution >= 0.6 is 15.9 Å². The van der Waals surface area contributed by atoms with Gasteiger partial charge >= 0.3 is 0 Å². The molecule has 25 heavy (non-hydrogen) atoms. The van der Waals surface area contributed by atoms with Gasteiger partial charge in [0.2, 0.25) is 0 Å². The average Bonchev–Trinajstić information content (AvgIpc) is 2.57. The van der Waals surface area contributed by atoms with Crippen LogP contribution in [0.15, 0.2) is 51.7 Å². The Kier molecular flexibility index (Phi) is 4.67. The monoisotopic (exact) mass is 403 g/mol. The first-order chi connectivity index (χ1) is 11.9. The van der Waals surface area contributed by atoms with Gasteiger partial charge in [-0.25, -0.2) is 9.07 Å². The smallest absolute Gasteiger partial charge is 0.276 e. The van der Waals surface area contributed by atoms with Gasteiger partial charge in [0.1, 0.15) is 5.82 Å². The molecule has 0 aliphatic heterocycles. The molecule has 0 aliphatic carbocycles. The third-order valence-corrected chi connectivity index (χ3v) is 4.21. The Morgan fingerprint density at radius 2 is 1.88 bits per heavy atom. The van der Waals surface area contributed by atoms with E-state index in [1.54, 1.807) is 44.2 Å². The van der Waals surface area contributed by atoms with Gasteiger partial charge < -0.3 is 5.32 Å². The largest absolute Gasteiger partial charge is 0.318 e. The number of aromatic nitrogens is 2. The van der Waals surface area contributed by atoms with Crippen molar-refractivity contribution in [3.8, 4) is 0 Å². The van der Waals surface area contributed by atoms with Gasteiger partial charge in [-0.2, -0.15) is 5.10 Å². The molecule has 0 aliphatic rings. The van der Waals surface area contributed by atoms with Crippen molar-refractivity contribution in [3.63, 3.8) is 0 Å². The molecule has 2 aromatic carbocycles. The number of benzene rings is 2. The quantitative estimate of drug-likeness (QED) is 0.714. The summed E-state index contributed by atoms with van der Waals surface area (Å²) in [6.07, 6.45) is 0. The van der Waals surface area contributed by atoms with E-state index in [2.05, 4.69) is 26.3 Å². The van der Waals surface area contributed by atoms with Gasteiger partial charge in [0, 0.05) is 9.86 Å². The summed E-state index contributed by atoms with van der Waals surface area (Å²) in [4.78, 5) is 25.2. The van der Waals surface area contributed by atoms with Crippen molar-refractivity contribution >= 4 is 38.3 Å². The number of amides is 1. The van der Waals surface area contributed by atoms with E-state index in [-0.39, 0.29) is 23.0 Å². The first-order valence-corrected chi connectivity index (χ1v) is 8.45. The lowest BCUT2D eigenvalue weighted by Crippen LogP contribution is -2.29. The maximum absolute atomic E-state index is 14.0. The highest BCUT2D eigenvalue weighted by Crippen LogP contribution is 2.21. The van der Waals surface area contributed by atoms with Crippen LogP contribution in [0, 0.1) is 5.82 Å². The number of halogens is 2. The summed E-state index contributed by atoms with van der Waals surface area (Å²) in [5, 5.41) is 7.55. The van der Waals surface area contributed by atoms with Gasteiger partial charge in [-0.15, -0.1) is 0 Å². The fourth-order valence-corrected chi connectivity index (χ4v) is 2.83. The number of rotatable bonds is 3. The summed E-state index contributed by atoms with van der Waals surface area (Å²) < 4.78 is 15.8. The Bertz CT molecular complexity index is 1030. The maximum Gasteiger partial charge on any atom is 0.276 e. The second-order valence-corrected chi connectivity index (χ2v) is 6.73. The van der Waals surface area contributed by atoms with E-state index in [9.17, 15) is 14.0 Å². The number of anilines is 1. The molecule has 128 valence electrons. The summed E-state index contributed by atoms with van der Waals surface area (Å²) in [5.41, 5.74) is -0.149. The Balaban J connectivity index is 2.12. The highest BCUT2D eigenvalue weighted by molar-refractivity contribution is 9.10. The molecule has 1 N–H and O–H groups in total. The minimum absolute atomic E-state index is 0.0429. The predicted octanol–water partition coefficient (Wildman–Crippen LogP) is 4.13. The first kappa shape index (κ1) is 17.3. The molecule has 1 amide bonds. The molecule has 0 radical (unpaired) electrons. The number of carbonyl (C=O) groups is 1. The Morgan fingerprint density at radius 3 is 2.52 bits per heavy atom. The lowest BCUT2D eigenvalue weighted by molar-refractivity contribution is 0.102. The lowest BCUT2D eigenvalue weighted by Gasteiger charge is -2.13. The molecule has 3 aromatic rings. The van der Waals surface area contributed by atoms with Gasteiger partial charge in [0.15, 0.2) is 5.69 Å². The van der Waals surface area contributed by atoms with E-state index < -0.39 is 11.7 Å². The number of carbonyl (C=O) groups excluding carboxylic acids is 1. The number of nitrogens with one attached hydrogen (secondary N) is 1. The zero-order valence-corrected chi connectivity index (χ0v) is 15.2. The van der Waals surface area contributed by atoms with E-state index in [1.807, 2.05) is 0 Å². The summed E-state index contributed by atoms with van der Waals surface area (Å²) in [6, 6.07) is 10.9. The summed E-state index contributed by atoms with van der Waals surface area (Å²) in [6.45, 7) is 3.61. The Hall–Kier alpha value is -2.54. The van der Waals surface area contributed by atoms with Gasteiger partial charge in [-0.3, -0.25) is 9.59 Å². The van der Waals surface area contributed by atoms with Gasteiger partial charge in [0.05, 0.1) is 17.1 Å². The van der Waals surface area contributed by atoms with Crippen molar-refractivity contribution in [2.45, 2.75) is 19.9 Å². The van der Waals surface area contributed by atoms with E-state index in [1.165, 1.54) is 16.8 Å². The predicted molar refractivity (Wildman–Crippen MR) is 98.4 cm³/mol. The van der Waals surface area contributed by atoms with Crippen LogP contribution in [0.1, 0.15) is 30.4 Å². The third-order valence-electron chi connectivity index (χ3n) is 3.71. The van der Waals surface area contributed by atoms with Crippen LogP contribution in [0.5, 0.6) is 0 Å². The van der Waals surface area contributed by atoms with Crippen LogP contribution in [0.25, 0.3) is 10.8 Å². The van der Waals surface area contributed by atoms with Crippen molar-refractivity contribution in [1.82, 2.24) is 9.78 Å². The number of fused-ring (bicyclic) bond motifs is 1. The van der Waals surface area contributed by atoms with Crippen LogP contribution in [-0.2, 0) is 0 Å². The highest BCUT2D eigenvalue weighted by Gasteiger charge is 2.18. The summed E-state index contributed by atoms with van der Waals surface area (Å²) in [7, 11) is 0. The Labute approximate surface area is 151 Å². The Morgan fingerprint density at radius 1 is 1.20 bits per heavy atom. The molecule has 5 nitrogen and oxygen atoms in total. The molecule has 7 heteroatoms. The van der Waals surface area contributed by atoms with Gasteiger partial charge in [0.25, 0.3) is 11.5 Å². The van der Waals surface area contributed by atoms with Crippen LogP contribution in [-0.4, -0.2) is 15.7 Å². The SMILES string of the molecule is CC(C)n1nc(C(=O)Nc2ccc(Br)cc2F)c2ccccc2c1=O. The number of hydrogen-bond acceptors (Lipinski definition) is 3. The van der Waals surface area contributed by atoms with E-state index in [0.717, 1.165) is 0 Å². The molecule has 0 spiro atoms. The fraction of sp³-hybridized carbons (Fsp3) is 0.167. The highest BCUT2D eigenvalue weighted by atomic mass is 79.9. The van der Waals surface area contributed by atoms with Crippen molar-refractivity contribution < 1.29 is 9.18 Å². The standard InChI is InChI=1S/C18H15BrFN3O2/c1-10(2)23-18(25)13-6-4-3-5-12(13)16(22-23)17(24)21-15-8-7-11(19)9-14(15)20/h3-10H,1-2H3,(H,21,24). The molecule has 0 atom stereocenters. The molecule has 0 saturated carbocycles. The maximum atomic E-state index is 14.0. The van der Waals surface area contributed by atoms with Crippen LogP contribution in [0.4, 0.5) is 10.1 Å². The number of hydrogen-bond donors (Lipinski definition) is 1. The second kappa shape index (κ2) is 6.76. The van der Waals surface area contributed by atoms with Crippen molar-refractivity contribution in [2.75, 3.05) is 5.32 Å².